The Labute approximate surface area is 191 Å². The molecule has 0 heterocycles. The molecule has 2 aliphatic rings. The molecule has 1 unspecified atom stereocenters. The standard InChI is InChI=1S/C25H33N3O3S/c1-18(15-28(2)16-19-8-4-3-5-9-19)17-32(30,31)27-25(29)26-24-22-12-6-10-20(22)14-21-11-7-13-23(21)24/h3-5,8-9,14,18H,6-7,10-13,15-17H2,1-2H3,(H2,26,27,29). The Hall–Kier alpha value is -2.38. The van der Waals surface area contributed by atoms with Gasteiger partial charge in [-0.2, -0.15) is 0 Å². The number of urea groups is 1. The molecule has 0 saturated heterocycles. The zero-order valence-electron chi connectivity index (χ0n) is 19.0. The molecule has 2 aliphatic carbocycles. The maximum absolute atomic E-state index is 12.7. The van der Waals surface area contributed by atoms with E-state index in [-0.39, 0.29) is 11.7 Å². The van der Waals surface area contributed by atoms with Crippen molar-refractivity contribution < 1.29 is 13.2 Å². The number of carbonyl (C=O) groups is 1. The van der Waals surface area contributed by atoms with Gasteiger partial charge in [-0.15, -0.1) is 0 Å². The number of aryl methyl sites for hydroxylation is 2. The maximum Gasteiger partial charge on any atom is 0.332 e. The van der Waals surface area contributed by atoms with Crippen molar-refractivity contribution in [2.75, 3.05) is 24.7 Å². The number of carbonyl (C=O) groups excluding carboxylic acids is 1. The van der Waals surface area contributed by atoms with Crippen LogP contribution in [0.5, 0.6) is 0 Å². The van der Waals surface area contributed by atoms with Gasteiger partial charge in [-0.25, -0.2) is 17.9 Å². The first kappa shape index (κ1) is 22.8. The Morgan fingerprint density at radius 2 is 1.66 bits per heavy atom. The van der Waals surface area contributed by atoms with Gasteiger partial charge in [0.25, 0.3) is 0 Å². The van der Waals surface area contributed by atoms with Crippen LogP contribution in [-0.2, 0) is 42.3 Å². The zero-order chi connectivity index (χ0) is 22.7. The number of anilines is 1. The lowest BCUT2D eigenvalue weighted by molar-refractivity contribution is 0.256. The molecule has 6 nitrogen and oxygen atoms in total. The number of fused-ring (bicyclic) bond motifs is 2. The molecule has 0 fully saturated rings. The van der Waals surface area contributed by atoms with Crippen LogP contribution in [0.15, 0.2) is 36.4 Å². The highest BCUT2D eigenvalue weighted by Gasteiger charge is 2.26. The average molecular weight is 456 g/mol. The molecule has 2 N–H and O–H groups in total. The van der Waals surface area contributed by atoms with Gasteiger partial charge in [0.15, 0.2) is 0 Å². The van der Waals surface area contributed by atoms with Crippen LogP contribution in [-0.4, -0.2) is 38.7 Å². The zero-order valence-corrected chi connectivity index (χ0v) is 19.8. The fraction of sp³-hybridized carbons (Fsp3) is 0.480. The van der Waals surface area contributed by atoms with E-state index < -0.39 is 16.1 Å². The minimum atomic E-state index is -3.74. The van der Waals surface area contributed by atoms with Crippen molar-refractivity contribution in [2.24, 2.45) is 5.92 Å². The first-order valence-corrected chi connectivity index (χ1v) is 13.2. The molecule has 7 heteroatoms. The summed E-state index contributed by atoms with van der Waals surface area (Å²) in [5.41, 5.74) is 7.03. The lowest BCUT2D eigenvalue weighted by Gasteiger charge is -2.21. The fourth-order valence-electron chi connectivity index (χ4n) is 5.21. The van der Waals surface area contributed by atoms with Gasteiger partial charge in [0, 0.05) is 18.8 Å². The van der Waals surface area contributed by atoms with E-state index in [0.29, 0.717) is 6.54 Å². The first-order chi connectivity index (χ1) is 15.3. The number of hydrogen-bond donors (Lipinski definition) is 2. The minimum absolute atomic E-state index is 0.0927. The van der Waals surface area contributed by atoms with E-state index in [4.69, 9.17) is 0 Å². The second-order valence-electron chi connectivity index (χ2n) is 9.36. The summed E-state index contributed by atoms with van der Waals surface area (Å²) < 4.78 is 27.6. The molecule has 2 aromatic carbocycles. The second-order valence-corrected chi connectivity index (χ2v) is 11.1. The topological polar surface area (TPSA) is 78.5 Å². The summed E-state index contributed by atoms with van der Waals surface area (Å²) >= 11 is 0. The van der Waals surface area contributed by atoms with E-state index in [9.17, 15) is 13.2 Å². The molecule has 0 aromatic heterocycles. The SMILES string of the molecule is CC(CN(C)Cc1ccccc1)CS(=O)(=O)NC(=O)Nc1c2c(cc3c1CCC3)CCC2. The Balaban J connectivity index is 1.34. The summed E-state index contributed by atoms with van der Waals surface area (Å²) in [4.78, 5) is 14.8. The van der Waals surface area contributed by atoms with Crippen molar-refractivity contribution in [2.45, 2.75) is 52.0 Å². The predicted molar refractivity (Wildman–Crippen MR) is 128 cm³/mol. The summed E-state index contributed by atoms with van der Waals surface area (Å²) in [7, 11) is -1.76. The first-order valence-electron chi connectivity index (χ1n) is 11.5. The van der Waals surface area contributed by atoms with Gasteiger partial charge < -0.3 is 10.2 Å². The molecule has 32 heavy (non-hydrogen) atoms. The van der Waals surface area contributed by atoms with Crippen LogP contribution < -0.4 is 10.0 Å². The smallest absolute Gasteiger partial charge is 0.307 e. The highest BCUT2D eigenvalue weighted by molar-refractivity contribution is 7.90. The van der Waals surface area contributed by atoms with E-state index in [1.165, 1.54) is 27.8 Å². The third-order valence-electron chi connectivity index (χ3n) is 6.38. The number of rotatable bonds is 8. The Bertz CT molecular complexity index is 1050. The van der Waals surface area contributed by atoms with Crippen molar-refractivity contribution in [1.82, 2.24) is 9.62 Å². The van der Waals surface area contributed by atoms with Gasteiger partial charge in [-0.3, -0.25) is 0 Å². The molecular formula is C25H33N3O3S. The molecular weight excluding hydrogens is 422 g/mol. The third kappa shape index (κ3) is 5.51. The minimum Gasteiger partial charge on any atom is -0.307 e. The lowest BCUT2D eigenvalue weighted by Crippen LogP contribution is -2.39. The monoisotopic (exact) mass is 455 g/mol. The Kier molecular flexibility index (Phi) is 6.86. The second kappa shape index (κ2) is 9.63. The predicted octanol–water partition coefficient (Wildman–Crippen LogP) is 3.88. The normalized spacial score (nSPS) is 16.0. The number of hydrogen-bond acceptors (Lipinski definition) is 4. The quantitative estimate of drug-likeness (QED) is 0.633. The largest absolute Gasteiger partial charge is 0.332 e. The van der Waals surface area contributed by atoms with Gasteiger partial charge >= 0.3 is 6.03 Å². The summed E-state index contributed by atoms with van der Waals surface area (Å²) in [6, 6.07) is 11.7. The van der Waals surface area contributed by atoms with E-state index in [1.807, 2.05) is 32.2 Å². The molecule has 1 atom stereocenters. The molecule has 2 aromatic rings. The van der Waals surface area contributed by atoms with Crippen LogP contribution in [0.25, 0.3) is 0 Å². The number of nitrogens with one attached hydrogen (secondary N) is 2. The fourth-order valence-corrected chi connectivity index (χ4v) is 6.48. The van der Waals surface area contributed by atoms with E-state index >= 15 is 0 Å². The number of benzene rings is 2. The van der Waals surface area contributed by atoms with Crippen molar-refractivity contribution in [3.63, 3.8) is 0 Å². The van der Waals surface area contributed by atoms with Crippen molar-refractivity contribution in [3.8, 4) is 0 Å². The summed E-state index contributed by atoms with van der Waals surface area (Å²) in [5.74, 6) is -0.205. The molecule has 4 rings (SSSR count). The molecule has 0 bridgehead atoms. The molecule has 0 saturated carbocycles. The number of amides is 2. The van der Waals surface area contributed by atoms with Gasteiger partial charge in [0.05, 0.1) is 5.75 Å². The van der Waals surface area contributed by atoms with Crippen molar-refractivity contribution in [1.29, 1.82) is 0 Å². The van der Waals surface area contributed by atoms with Crippen LogP contribution in [0.3, 0.4) is 0 Å². The van der Waals surface area contributed by atoms with Gasteiger partial charge in [0.2, 0.25) is 10.0 Å². The van der Waals surface area contributed by atoms with Gasteiger partial charge in [-0.05, 0) is 79.3 Å². The third-order valence-corrected chi connectivity index (χ3v) is 7.89. The van der Waals surface area contributed by atoms with Gasteiger partial charge in [0.1, 0.15) is 0 Å². The highest BCUT2D eigenvalue weighted by atomic mass is 32.2. The molecule has 2 amide bonds. The van der Waals surface area contributed by atoms with Crippen molar-refractivity contribution in [3.05, 3.63) is 64.2 Å². The summed E-state index contributed by atoms with van der Waals surface area (Å²) in [6.07, 6.45) is 6.11. The summed E-state index contributed by atoms with van der Waals surface area (Å²) in [5, 5.41) is 2.91. The average Bonchev–Trinajstić information content (AvgIpc) is 3.36. The van der Waals surface area contributed by atoms with Crippen LogP contribution in [0.2, 0.25) is 0 Å². The molecule has 172 valence electrons. The number of sulfonamides is 1. The Morgan fingerprint density at radius 1 is 1.03 bits per heavy atom. The molecule has 0 aliphatic heterocycles. The maximum atomic E-state index is 12.7. The lowest BCUT2D eigenvalue weighted by atomic mass is 9.99. The van der Waals surface area contributed by atoms with Crippen LogP contribution in [0, 0.1) is 5.92 Å². The van der Waals surface area contributed by atoms with Crippen LogP contribution >= 0.6 is 0 Å². The van der Waals surface area contributed by atoms with Crippen LogP contribution in [0.1, 0.15) is 47.6 Å². The van der Waals surface area contributed by atoms with Crippen molar-refractivity contribution >= 4 is 21.7 Å². The van der Waals surface area contributed by atoms with Crippen LogP contribution in [0.4, 0.5) is 10.5 Å². The highest BCUT2D eigenvalue weighted by Crippen LogP contribution is 2.38. The van der Waals surface area contributed by atoms with Gasteiger partial charge in [-0.1, -0.05) is 43.3 Å². The molecule has 0 radical (unpaired) electrons. The number of nitrogens with zero attached hydrogens (tertiary/aromatic N) is 1. The van der Waals surface area contributed by atoms with E-state index in [1.54, 1.807) is 0 Å². The molecule has 0 spiro atoms. The summed E-state index contributed by atoms with van der Waals surface area (Å²) in [6.45, 7) is 3.27. The Morgan fingerprint density at radius 3 is 2.28 bits per heavy atom. The van der Waals surface area contributed by atoms with E-state index in [0.717, 1.165) is 50.8 Å². The van der Waals surface area contributed by atoms with E-state index in [2.05, 4.69) is 33.1 Å².